The maximum Gasteiger partial charge on any atom is 0.458 e. The van der Waals surface area contributed by atoms with Crippen LogP contribution >= 0.6 is 0 Å². The molecule has 1 aromatic carbocycles. The summed E-state index contributed by atoms with van der Waals surface area (Å²) < 4.78 is 62.7. The molecule has 1 aliphatic carbocycles. The summed E-state index contributed by atoms with van der Waals surface area (Å²) in [7, 11) is 0. The molecule has 6 heteroatoms. The van der Waals surface area contributed by atoms with Gasteiger partial charge in [-0.3, -0.25) is 4.79 Å². The van der Waals surface area contributed by atoms with Crippen molar-refractivity contribution in [2.75, 3.05) is 0 Å². The van der Waals surface area contributed by atoms with Gasteiger partial charge in [0.05, 0.1) is 5.41 Å². The number of carbonyl (C=O) groups is 1. The van der Waals surface area contributed by atoms with Crippen LogP contribution in [0, 0.1) is 0 Å². The third-order valence-electron chi connectivity index (χ3n) is 3.58. The van der Waals surface area contributed by atoms with E-state index in [1.54, 1.807) is 0 Å². The lowest BCUT2D eigenvalue weighted by Crippen LogP contribution is -2.33. The largest absolute Gasteiger partial charge is 0.458 e. The van der Waals surface area contributed by atoms with Crippen molar-refractivity contribution in [3.8, 4) is 0 Å². The van der Waals surface area contributed by atoms with Gasteiger partial charge >= 0.3 is 12.1 Å². The number of ketones is 1. The quantitative estimate of drug-likeness (QED) is 0.765. The van der Waals surface area contributed by atoms with Crippen molar-refractivity contribution < 1.29 is 26.7 Å². The summed E-state index contributed by atoms with van der Waals surface area (Å²) in [5.41, 5.74) is -1.28. The Hall–Kier alpha value is -1.46. The summed E-state index contributed by atoms with van der Waals surface area (Å²) in [6.07, 6.45) is -4.40. The highest BCUT2D eigenvalue weighted by Gasteiger charge is 2.58. The van der Waals surface area contributed by atoms with Gasteiger partial charge in [-0.25, -0.2) is 0 Å². The molecule has 0 atom stereocenters. The lowest BCUT2D eigenvalue weighted by molar-refractivity contribution is -0.289. The minimum atomic E-state index is -5.62. The molecule has 0 spiro atoms. The van der Waals surface area contributed by atoms with Crippen LogP contribution in [0.5, 0.6) is 0 Å². The second kappa shape index (κ2) is 4.02. The Morgan fingerprint density at radius 2 is 1.53 bits per heavy atom. The molecular weight excluding hydrogens is 267 g/mol. The van der Waals surface area contributed by atoms with E-state index in [1.165, 1.54) is 19.1 Å². The molecule has 0 radical (unpaired) electrons. The zero-order valence-corrected chi connectivity index (χ0v) is 10.0. The first-order valence-electron chi connectivity index (χ1n) is 5.68. The lowest BCUT2D eigenvalue weighted by Gasteiger charge is -2.20. The average molecular weight is 278 g/mol. The van der Waals surface area contributed by atoms with Crippen LogP contribution in [0.4, 0.5) is 22.0 Å². The van der Waals surface area contributed by atoms with Gasteiger partial charge in [0.2, 0.25) is 0 Å². The second-order valence-electron chi connectivity index (χ2n) is 4.79. The molecule has 1 nitrogen and oxygen atoms in total. The van der Waals surface area contributed by atoms with Gasteiger partial charge in [-0.15, -0.1) is 0 Å². The maximum absolute atomic E-state index is 13.1. The van der Waals surface area contributed by atoms with E-state index in [9.17, 15) is 26.7 Å². The van der Waals surface area contributed by atoms with Gasteiger partial charge in [0.25, 0.3) is 0 Å². The molecule has 0 heterocycles. The molecular formula is C13H11F5O. The van der Waals surface area contributed by atoms with Gasteiger partial charge in [-0.1, -0.05) is 24.3 Å². The zero-order valence-electron chi connectivity index (χ0n) is 10.0. The lowest BCUT2D eigenvalue weighted by atomic mass is 9.91. The van der Waals surface area contributed by atoms with E-state index in [-0.39, 0.29) is 5.78 Å². The Morgan fingerprint density at radius 3 is 1.84 bits per heavy atom. The minimum absolute atomic E-state index is 0.0946. The highest BCUT2D eigenvalue weighted by Crippen LogP contribution is 2.50. The fourth-order valence-corrected chi connectivity index (χ4v) is 2.13. The Kier molecular flexibility index (Phi) is 2.95. The summed E-state index contributed by atoms with van der Waals surface area (Å²) in [5, 5.41) is 0. The van der Waals surface area contributed by atoms with Crippen LogP contribution in [0.2, 0.25) is 0 Å². The van der Waals surface area contributed by atoms with Gasteiger partial charge in [0.15, 0.2) is 0 Å². The smallest absolute Gasteiger partial charge is 0.299 e. The van der Waals surface area contributed by atoms with Gasteiger partial charge in [0.1, 0.15) is 5.78 Å². The number of rotatable bonds is 3. The van der Waals surface area contributed by atoms with Crippen LogP contribution < -0.4 is 0 Å². The molecule has 19 heavy (non-hydrogen) atoms. The maximum atomic E-state index is 13.1. The summed E-state index contributed by atoms with van der Waals surface area (Å²) in [4.78, 5) is 11.4. The van der Waals surface area contributed by atoms with Crippen molar-refractivity contribution in [2.45, 2.75) is 37.3 Å². The predicted octanol–water partition coefficient (Wildman–Crippen LogP) is 3.96. The summed E-state index contributed by atoms with van der Waals surface area (Å²) in [6.45, 7) is 1.39. The van der Waals surface area contributed by atoms with E-state index in [1.807, 2.05) is 0 Å². The zero-order chi connectivity index (χ0) is 14.5. The molecule has 0 amide bonds. The van der Waals surface area contributed by atoms with Crippen molar-refractivity contribution in [2.24, 2.45) is 0 Å². The SMILES string of the molecule is CC(=O)C1(c2ccc(C(F)(F)C(F)(F)F)cc2)CC1. The van der Waals surface area contributed by atoms with Crippen LogP contribution in [0.1, 0.15) is 30.9 Å². The third kappa shape index (κ3) is 2.13. The molecule has 0 aliphatic heterocycles. The van der Waals surface area contributed by atoms with Crippen molar-refractivity contribution in [1.29, 1.82) is 0 Å². The molecule has 0 unspecified atom stereocenters. The van der Waals surface area contributed by atoms with E-state index in [4.69, 9.17) is 0 Å². The monoisotopic (exact) mass is 278 g/mol. The molecule has 1 aromatic rings. The minimum Gasteiger partial charge on any atom is -0.299 e. The van der Waals surface area contributed by atoms with Crippen LogP contribution in [-0.4, -0.2) is 12.0 Å². The van der Waals surface area contributed by atoms with E-state index >= 15 is 0 Å². The highest BCUT2D eigenvalue weighted by atomic mass is 19.4. The predicted molar refractivity (Wildman–Crippen MR) is 58.0 cm³/mol. The average Bonchev–Trinajstić information content (AvgIpc) is 3.08. The number of alkyl halides is 5. The van der Waals surface area contributed by atoms with E-state index in [0.29, 0.717) is 18.4 Å². The van der Waals surface area contributed by atoms with Crippen molar-refractivity contribution >= 4 is 5.78 Å². The van der Waals surface area contributed by atoms with Crippen LogP contribution in [-0.2, 0) is 16.1 Å². The summed E-state index contributed by atoms with van der Waals surface area (Å²) in [5.74, 6) is -4.97. The molecule has 1 fully saturated rings. The number of hydrogen-bond donors (Lipinski definition) is 0. The molecule has 2 rings (SSSR count). The normalized spacial score (nSPS) is 18.2. The molecule has 104 valence electrons. The van der Waals surface area contributed by atoms with E-state index in [0.717, 1.165) is 12.1 Å². The fourth-order valence-electron chi connectivity index (χ4n) is 2.13. The van der Waals surface area contributed by atoms with Crippen LogP contribution in [0.15, 0.2) is 24.3 Å². The van der Waals surface area contributed by atoms with Crippen LogP contribution in [0.25, 0.3) is 0 Å². The number of halogens is 5. The number of Topliss-reactive ketones (excluding diaryl/α,β-unsaturated/α-hetero) is 1. The Morgan fingerprint density at radius 1 is 1.05 bits per heavy atom. The highest BCUT2D eigenvalue weighted by molar-refractivity contribution is 5.91. The molecule has 1 aliphatic rings. The van der Waals surface area contributed by atoms with Gasteiger partial charge < -0.3 is 0 Å². The standard InChI is InChI=1S/C13H11F5O/c1-8(19)11(6-7-11)9-2-4-10(5-3-9)12(14,15)13(16,17)18/h2-5H,6-7H2,1H3. The van der Waals surface area contributed by atoms with Crippen molar-refractivity contribution in [1.82, 2.24) is 0 Å². The molecule has 0 aromatic heterocycles. The van der Waals surface area contributed by atoms with Crippen molar-refractivity contribution in [3.05, 3.63) is 35.4 Å². The first-order valence-corrected chi connectivity index (χ1v) is 5.68. The molecule has 1 saturated carbocycles. The topological polar surface area (TPSA) is 17.1 Å². The first-order chi connectivity index (χ1) is 8.61. The summed E-state index contributed by atoms with van der Waals surface area (Å²) >= 11 is 0. The number of hydrogen-bond acceptors (Lipinski definition) is 1. The van der Waals surface area contributed by atoms with Crippen molar-refractivity contribution in [3.63, 3.8) is 0 Å². The first kappa shape index (κ1) is 14.0. The van der Waals surface area contributed by atoms with Gasteiger partial charge in [-0.05, 0) is 25.3 Å². The Labute approximate surface area is 106 Å². The molecule has 0 saturated heterocycles. The molecule has 0 N–H and O–H groups in total. The Balaban J connectivity index is 2.32. The van der Waals surface area contributed by atoms with Gasteiger partial charge in [-0.2, -0.15) is 22.0 Å². The van der Waals surface area contributed by atoms with Gasteiger partial charge in [0, 0.05) is 5.56 Å². The fraction of sp³-hybridized carbons (Fsp3) is 0.462. The van der Waals surface area contributed by atoms with E-state index < -0.39 is 23.1 Å². The number of carbonyl (C=O) groups excluding carboxylic acids is 1. The second-order valence-corrected chi connectivity index (χ2v) is 4.79. The number of benzene rings is 1. The van der Waals surface area contributed by atoms with E-state index in [2.05, 4.69) is 0 Å². The van der Waals surface area contributed by atoms with Crippen LogP contribution in [0.3, 0.4) is 0 Å². The summed E-state index contributed by atoms with van der Waals surface area (Å²) in [6, 6.07) is 3.85. The molecule has 0 bridgehead atoms. The Bertz CT molecular complexity index is 497. The third-order valence-corrected chi connectivity index (χ3v) is 3.58.